The second kappa shape index (κ2) is 13.3. The molecule has 2 rings (SSSR count). The Morgan fingerprint density at radius 2 is 2.11 bits per heavy atom. The number of ether oxygens (including phenoxy) is 1. The van der Waals surface area contributed by atoms with Gasteiger partial charge in [0.2, 0.25) is 0 Å². The first-order valence-electron chi connectivity index (χ1n) is 9.91. The number of hydrogen-bond acceptors (Lipinski definition) is 3. The van der Waals surface area contributed by atoms with Crippen molar-refractivity contribution in [3.8, 4) is 0 Å². The zero-order valence-electron chi connectivity index (χ0n) is 17.4. The SMILES string of the molecule is CCC(C)N(C)CCNC(=NC)N1CCC(COCc2ccccc2)C1.I. The number of guanidine groups is 1. The number of hydrogen-bond donors (Lipinski definition) is 1. The van der Waals surface area contributed by atoms with Gasteiger partial charge in [-0.25, -0.2) is 0 Å². The summed E-state index contributed by atoms with van der Waals surface area (Å²) in [6.45, 7) is 10.1. The molecule has 0 spiro atoms. The monoisotopic (exact) mass is 488 g/mol. The van der Waals surface area contributed by atoms with Crippen molar-refractivity contribution in [1.29, 1.82) is 0 Å². The van der Waals surface area contributed by atoms with E-state index in [1.807, 2.05) is 13.1 Å². The first kappa shape index (κ1) is 24.2. The molecule has 0 radical (unpaired) electrons. The largest absolute Gasteiger partial charge is 0.376 e. The van der Waals surface area contributed by atoms with Crippen molar-refractivity contribution >= 4 is 29.9 Å². The Balaban J connectivity index is 0.00000364. The highest BCUT2D eigenvalue weighted by molar-refractivity contribution is 14.0. The van der Waals surface area contributed by atoms with Crippen molar-refractivity contribution in [3.63, 3.8) is 0 Å². The molecule has 2 atom stereocenters. The van der Waals surface area contributed by atoms with E-state index in [-0.39, 0.29) is 24.0 Å². The molecule has 1 aromatic rings. The fourth-order valence-corrected chi connectivity index (χ4v) is 3.29. The van der Waals surface area contributed by atoms with Crippen LogP contribution in [0.1, 0.15) is 32.3 Å². The van der Waals surface area contributed by atoms with E-state index in [1.54, 1.807) is 0 Å². The van der Waals surface area contributed by atoms with Crippen LogP contribution < -0.4 is 5.32 Å². The molecular formula is C21H37IN4O. The standard InChI is InChI=1S/C21H36N4O.HI/c1-5-18(2)24(4)14-12-23-21(22-3)25-13-11-20(15-25)17-26-16-19-9-7-6-8-10-19;/h6-10,18,20H,5,11-17H2,1-4H3,(H,22,23);1H. The maximum Gasteiger partial charge on any atom is 0.193 e. The molecule has 1 aliphatic rings. The zero-order valence-corrected chi connectivity index (χ0v) is 19.7. The fourth-order valence-electron chi connectivity index (χ4n) is 3.29. The number of aliphatic imine (C=N–C) groups is 1. The minimum atomic E-state index is 0. The van der Waals surface area contributed by atoms with E-state index in [1.165, 1.54) is 18.4 Å². The van der Waals surface area contributed by atoms with Crippen molar-refractivity contribution in [2.45, 2.75) is 39.3 Å². The summed E-state index contributed by atoms with van der Waals surface area (Å²) in [6, 6.07) is 11.0. The van der Waals surface area contributed by atoms with Crippen LogP contribution in [0.5, 0.6) is 0 Å². The van der Waals surface area contributed by atoms with Gasteiger partial charge in [0.25, 0.3) is 0 Å². The Labute approximate surface area is 182 Å². The smallest absolute Gasteiger partial charge is 0.193 e. The molecule has 1 fully saturated rings. The Hall–Kier alpha value is -0.860. The lowest BCUT2D eigenvalue weighted by molar-refractivity contribution is 0.0906. The Bertz CT molecular complexity index is 540. The lowest BCUT2D eigenvalue weighted by atomic mass is 10.1. The average Bonchev–Trinajstić information content (AvgIpc) is 3.14. The fraction of sp³-hybridized carbons (Fsp3) is 0.667. The number of nitrogens with one attached hydrogen (secondary N) is 1. The molecular weight excluding hydrogens is 451 g/mol. The molecule has 1 heterocycles. The van der Waals surface area contributed by atoms with Crippen molar-refractivity contribution in [2.75, 3.05) is 46.9 Å². The van der Waals surface area contributed by atoms with E-state index in [0.717, 1.165) is 38.7 Å². The van der Waals surface area contributed by atoms with Crippen molar-refractivity contribution in [3.05, 3.63) is 35.9 Å². The number of nitrogens with zero attached hydrogens (tertiary/aromatic N) is 3. The third-order valence-electron chi connectivity index (χ3n) is 5.35. The summed E-state index contributed by atoms with van der Waals surface area (Å²) in [5.41, 5.74) is 1.24. The topological polar surface area (TPSA) is 40.1 Å². The van der Waals surface area contributed by atoms with Gasteiger partial charge in [-0.05, 0) is 32.4 Å². The van der Waals surface area contributed by atoms with E-state index in [0.29, 0.717) is 18.6 Å². The predicted octanol–water partition coefficient (Wildman–Crippen LogP) is 3.45. The van der Waals surface area contributed by atoms with Crippen LogP contribution in [0.2, 0.25) is 0 Å². The second-order valence-electron chi connectivity index (χ2n) is 7.31. The van der Waals surface area contributed by atoms with Gasteiger partial charge in [-0.3, -0.25) is 4.99 Å². The van der Waals surface area contributed by atoms with Crippen LogP contribution in [0.25, 0.3) is 0 Å². The molecule has 1 saturated heterocycles. The van der Waals surface area contributed by atoms with Crippen molar-refractivity contribution < 1.29 is 4.74 Å². The third-order valence-corrected chi connectivity index (χ3v) is 5.35. The molecule has 0 amide bonds. The molecule has 1 N–H and O–H groups in total. The van der Waals surface area contributed by atoms with Gasteiger partial charge < -0.3 is 19.9 Å². The summed E-state index contributed by atoms with van der Waals surface area (Å²) >= 11 is 0. The number of halogens is 1. The first-order valence-corrected chi connectivity index (χ1v) is 9.91. The van der Waals surface area contributed by atoms with Gasteiger partial charge in [-0.1, -0.05) is 37.3 Å². The van der Waals surface area contributed by atoms with E-state index in [2.05, 4.69) is 65.3 Å². The van der Waals surface area contributed by atoms with Crippen LogP contribution in [0, 0.1) is 5.92 Å². The van der Waals surface area contributed by atoms with Crippen LogP contribution in [-0.4, -0.2) is 68.7 Å². The number of likely N-dealkylation sites (tertiary alicyclic amines) is 1. The molecule has 27 heavy (non-hydrogen) atoms. The zero-order chi connectivity index (χ0) is 18.8. The van der Waals surface area contributed by atoms with Crippen molar-refractivity contribution in [1.82, 2.24) is 15.1 Å². The predicted molar refractivity (Wildman–Crippen MR) is 125 cm³/mol. The Morgan fingerprint density at radius 1 is 1.37 bits per heavy atom. The number of benzene rings is 1. The van der Waals surface area contributed by atoms with Gasteiger partial charge >= 0.3 is 0 Å². The van der Waals surface area contributed by atoms with E-state index >= 15 is 0 Å². The lowest BCUT2D eigenvalue weighted by Gasteiger charge is -2.26. The molecule has 154 valence electrons. The number of rotatable bonds is 9. The summed E-state index contributed by atoms with van der Waals surface area (Å²) in [5.74, 6) is 1.60. The molecule has 1 aliphatic heterocycles. The quantitative estimate of drug-likeness (QED) is 0.329. The number of likely N-dealkylation sites (N-methyl/N-ethyl adjacent to an activating group) is 1. The Kier molecular flexibility index (Phi) is 11.9. The molecule has 0 aromatic heterocycles. The normalized spacial score (nSPS) is 18.5. The third kappa shape index (κ3) is 8.35. The summed E-state index contributed by atoms with van der Waals surface area (Å²) in [6.07, 6.45) is 2.35. The van der Waals surface area contributed by atoms with Crippen LogP contribution in [-0.2, 0) is 11.3 Å². The second-order valence-corrected chi connectivity index (χ2v) is 7.31. The van der Waals surface area contributed by atoms with E-state index in [9.17, 15) is 0 Å². The van der Waals surface area contributed by atoms with Gasteiger partial charge in [-0.2, -0.15) is 0 Å². The molecule has 0 saturated carbocycles. The summed E-state index contributed by atoms with van der Waals surface area (Å²) in [5, 5.41) is 3.52. The highest BCUT2D eigenvalue weighted by atomic mass is 127. The van der Waals surface area contributed by atoms with Crippen LogP contribution in [0.15, 0.2) is 35.3 Å². The minimum Gasteiger partial charge on any atom is -0.376 e. The average molecular weight is 488 g/mol. The highest BCUT2D eigenvalue weighted by Gasteiger charge is 2.25. The van der Waals surface area contributed by atoms with Gasteiger partial charge in [-0.15, -0.1) is 24.0 Å². The summed E-state index contributed by atoms with van der Waals surface area (Å²) in [7, 11) is 4.06. The van der Waals surface area contributed by atoms with Gasteiger partial charge in [0.15, 0.2) is 5.96 Å². The van der Waals surface area contributed by atoms with Gasteiger partial charge in [0.1, 0.15) is 0 Å². The molecule has 1 aromatic carbocycles. The van der Waals surface area contributed by atoms with Gasteiger partial charge in [0.05, 0.1) is 13.2 Å². The molecule has 0 bridgehead atoms. The van der Waals surface area contributed by atoms with Crippen LogP contribution in [0.3, 0.4) is 0 Å². The van der Waals surface area contributed by atoms with E-state index in [4.69, 9.17) is 4.74 Å². The molecule has 2 unspecified atom stereocenters. The molecule has 0 aliphatic carbocycles. The van der Waals surface area contributed by atoms with Gasteiger partial charge in [0, 0.05) is 45.2 Å². The minimum absolute atomic E-state index is 0. The lowest BCUT2D eigenvalue weighted by Crippen LogP contribution is -2.44. The van der Waals surface area contributed by atoms with E-state index < -0.39 is 0 Å². The van der Waals surface area contributed by atoms with Crippen molar-refractivity contribution in [2.24, 2.45) is 10.9 Å². The molecule has 6 heteroatoms. The van der Waals surface area contributed by atoms with Crippen LogP contribution in [0.4, 0.5) is 0 Å². The maximum absolute atomic E-state index is 5.92. The Morgan fingerprint density at radius 3 is 2.78 bits per heavy atom. The maximum atomic E-state index is 5.92. The first-order chi connectivity index (χ1) is 12.6. The molecule has 5 nitrogen and oxygen atoms in total. The summed E-state index contributed by atoms with van der Waals surface area (Å²) in [4.78, 5) is 9.22. The highest BCUT2D eigenvalue weighted by Crippen LogP contribution is 2.17. The van der Waals surface area contributed by atoms with Crippen LogP contribution >= 0.6 is 24.0 Å². The summed E-state index contributed by atoms with van der Waals surface area (Å²) < 4.78 is 5.92.